The maximum atomic E-state index is 12.6. The smallest absolute Gasteiger partial charge is 0.329 e. The molecule has 5 heteroatoms. The van der Waals surface area contributed by atoms with Crippen LogP contribution in [0.5, 0.6) is 0 Å². The van der Waals surface area contributed by atoms with Gasteiger partial charge in [-0.05, 0) is 24.1 Å². The summed E-state index contributed by atoms with van der Waals surface area (Å²) in [4.78, 5) is 5.87. The van der Waals surface area contributed by atoms with E-state index in [-0.39, 0.29) is 5.56 Å². The first-order valence-electron chi connectivity index (χ1n) is 6.55. The Kier molecular flexibility index (Phi) is 5.76. The van der Waals surface area contributed by atoms with Crippen LogP contribution in [0.1, 0.15) is 18.9 Å². The molecule has 0 saturated carbocycles. The van der Waals surface area contributed by atoms with Crippen LogP contribution in [0.3, 0.4) is 0 Å². The number of alkyl halides is 3. The fraction of sp³-hybridized carbons (Fsp3) is 0.312. The number of allylic oxidation sites excluding steroid dienone is 1. The van der Waals surface area contributed by atoms with E-state index in [0.717, 1.165) is 0 Å². The summed E-state index contributed by atoms with van der Waals surface area (Å²) >= 11 is 0. The summed E-state index contributed by atoms with van der Waals surface area (Å²) in [6.45, 7) is 9.35. The molecule has 2 nitrogen and oxygen atoms in total. The minimum atomic E-state index is -4.25. The van der Waals surface area contributed by atoms with Crippen molar-refractivity contribution in [3.8, 4) is 0 Å². The second-order valence-electron chi connectivity index (χ2n) is 4.57. The van der Waals surface area contributed by atoms with E-state index in [9.17, 15) is 13.2 Å². The predicted molar refractivity (Wildman–Crippen MR) is 81.7 cm³/mol. The Balaban J connectivity index is 3.17. The SMILES string of the molecule is C=C/C(=N/C(=C)CC)N(C)c1ccccc1CC(F)(F)F. The molecule has 0 N–H and O–H groups in total. The number of likely N-dealkylation sites (N-methyl/N-ethyl adjacent to an activating group) is 1. The number of hydrogen-bond acceptors (Lipinski definition) is 1. The molecule has 0 spiro atoms. The lowest BCUT2D eigenvalue weighted by Gasteiger charge is -2.23. The largest absolute Gasteiger partial charge is 0.393 e. The van der Waals surface area contributed by atoms with Gasteiger partial charge < -0.3 is 4.90 Å². The highest BCUT2D eigenvalue weighted by Gasteiger charge is 2.29. The van der Waals surface area contributed by atoms with Gasteiger partial charge in [0.1, 0.15) is 5.84 Å². The van der Waals surface area contributed by atoms with Crippen molar-refractivity contribution in [2.75, 3.05) is 11.9 Å². The molecular formula is C16H19F3N2. The van der Waals surface area contributed by atoms with Crippen molar-refractivity contribution in [1.29, 1.82) is 0 Å². The molecule has 0 radical (unpaired) electrons. The number of para-hydroxylation sites is 1. The number of benzene rings is 1. The van der Waals surface area contributed by atoms with Crippen LogP contribution in [0.15, 0.2) is 54.2 Å². The van der Waals surface area contributed by atoms with Gasteiger partial charge in [-0.2, -0.15) is 13.2 Å². The van der Waals surface area contributed by atoms with Crippen LogP contribution < -0.4 is 4.90 Å². The molecule has 1 aromatic rings. The number of nitrogens with zero attached hydrogens (tertiary/aromatic N) is 2. The molecule has 0 atom stereocenters. The average Bonchev–Trinajstić information content (AvgIpc) is 2.42. The van der Waals surface area contributed by atoms with E-state index in [2.05, 4.69) is 18.2 Å². The van der Waals surface area contributed by atoms with Crippen LogP contribution in [-0.4, -0.2) is 19.1 Å². The zero-order chi connectivity index (χ0) is 16.0. The summed E-state index contributed by atoms with van der Waals surface area (Å²) in [6, 6.07) is 6.39. The van der Waals surface area contributed by atoms with Crippen molar-refractivity contribution in [2.45, 2.75) is 25.9 Å². The molecule has 1 aromatic carbocycles. The van der Waals surface area contributed by atoms with E-state index in [1.807, 2.05) is 6.92 Å². The molecular weight excluding hydrogens is 277 g/mol. The van der Waals surface area contributed by atoms with Crippen LogP contribution in [0, 0.1) is 0 Å². The molecule has 1 rings (SSSR count). The second-order valence-corrected chi connectivity index (χ2v) is 4.57. The summed E-state index contributed by atoms with van der Waals surface area (Å²) in [5.74, 6) is 0.469. The second kappa shape index (κ2) is 7.11. The normalized spacial score (nSPS) is 12.1. The van der Waals surface area contributed by atoms with E-state index in [0.29, 0.717) is 23.6 Å². The van der Waals surface area contributed by atoms with E-state index >= 15 is 0 Å². The van der Waals surface area contributed by atoms with Crippen LogP contribution in [0.25, 0.3) is 0 Å². The molecule has 21 heavy (non-hydrogen) atoms. The van der Waals surface area contributed by atoms with E-state index in [1.54, 1.807) is 30.1 Å². The summed E-state index contributed by atoms with van der Waals surface area (Å²) < 4.78 is 37.9. The zero-order valence-corrected chi connectivity index (χ0v) is 12.2. The molecule has 0 aliphatic heterocycles. The Morgan fingerprint density at radius 3 is 2.48 bits per heavy atom. The molecule has 0 fully saturated rings. The fourth-order valence-electron chi connectivity index (χ4n) is 1.83. The highest BCUT2D eigenvalue weighted by Crippen LogP contribution is 2.28. The maximum Gasteiger partial charge on any atom is 0.393 e. The number of hydrogen-bond donors (Lipinski definition) is 0. The minimum Gasteiger partial charge on any atom is -0.329 e. The molecule has 0 aliphatic rings. The van der Waals surface area contributed by atoms with Gasteiger partial charge in [-0.1, -0.05) is 38.3 Å². The summed E-state index contributed by atoms with van der Waals surface area (Å²) in [5, 5.41) is 0. The number of rotatable bonds is 5. The number of anilines is 1. The van der Waals surface area contributed by atoms with E-state index < -0.39 is 12.6 Å². The van der Waals surface area contributed by atoms with E-state index in [4.69, 9.17) is 0 Å². The molecule has 0 amide bonds. The first kappa shape index (κ1) is 17.0. The third-order valence-electron chi connectivity index (χ3n) is 2.95. The summed E-state index contributed by atoms with van der Waals surface area (Å²) in [5.41, 5.74) is 1.30. The fourth-order valence-corrected chi connectivity index (χ4v) is 1.83. The summed E-state index contributed by atoms with van der Waals surface area (Å²) in [7, 11) is 1.67. The van der Waals surface area contributed by atoms with Gasteiger partial charge in [0.05, 0.1) is 6.42 Å². The predicted octanol–water partition coefficient (Wildman–Crippen LogP) is 4.74. The van der Waals surface area contributed by atoms with Crippen LogP contribution in [-0.2, 0) is 6.42 Å². The Bertz CT molecular complexity index is 545. The minimum absolute atomic E-state index is 0.198. The highest BCUT2D eigenvalue weighted by atomic mass is 19.4. The van der Waals surface area contributed by atoms with Gasteiger partial charge in [-0.25, -0.2) is 4.99 Å². The van der Waals surface area contributed by atoms with Gasteiger partial charge in [0, 0.05) is 18.4 Å². The standard InChI is InChI=1S/C16H19F3N2/c1-5-12(3)20-15(6-2)21(4)14-10-8-7-9-13(14)11-16(17,18)19/h6-10H,2-3,5,11H2,1,4H3/b20-15-. The molecule has 0 bridgehead atoms. The third kappa shape index (κ3) is 5.10. The Morgan fingerprint density at radius 1 is 1.33 bits per heavy atom. The Labute approximate surface area is 123 Å². The van der Waals surface area contributed by atoms with Gasteiger partial charge in [0.15, 0.2) is 0 Å². The van der Waals surface area contributed by atoms with Crippen molar-refractivity contribution in [2.24, 2.45) is 4.99 Å². The Morgan fingerprint density at radius 2 is 1.95 bits per heavy atom. The number of halogens is 3. The molecule has 0 heterocycles. The van der Waals surface area contributed by atoms with E-state index in [1.165, 1.54) is 12.1 Å². The Hall–Kier alpha value is -2.04. The molecule has 114 valence electrons. The monoisotopic (exact) mass is 296 g/mol. The van der Waals surface area contributed by atoms with Crippen molar-refractivity contribution in [3.63, 3.8) is 0 Å². The first-order valence-corrected chi connectivity index (χ1v) is 6.55. The van der Waals surface area contributed by atoms with Gasteiger partial charge in [-0.3, -0.25) is 0 Å². The van der Waals surface area contributed by atoms with Crippen LogP contribution in [0.2, 0.25) is 0 Å². The number of aliphatic imine (C=N–C) groups is 1. The molecule has 0 aliphatic carbocycles. The topological polar surface area (TPSA) is 15.6 Å². The number of amidine groups is 1. The van der Waals surface area contributed by atoms with Gasteiger partial charge in [0.25, 0.3) is 0 Å². The highest BCUT2D eigenvalue weighted by molar-refractivity contribution is 6.05. The third-order valence-corrected chi connectivity index (χ3v) is 2.95. The maximum absolute atomic E-state index is 12.6. The van der Waals surface area contributed by atoms with Gasteiger partial charge in [-0.15, -0.1) is 0 Å². The van der Waals surface area contributed by atoms with Gasteiger partial charge >= 0.3 is 6.18 Å². The first-order chi connectivity index (χ1) is 9.78. The van der Waals surface area contributed by atoms with Crippen molar-refractivity contribution in [1.82, 2.24) is 0 Å². The molecule has 0 aromatic heterocycles. The lowest BCUT2D eigenvalue weighted by Crippen LogP contribution is -2.26. The quantitative estimate of drug-likeness (QED) is 0.566. The lowest BCUT2D eigenvalue weighted by atomic mass is 10.1. The zero-order valence-electron chi connectivity index (χ0n) is 12.2. The van der Waals surface area contributed by atoms with Gasteiger partial charge in [0.2, 0.25) is 0 Å². The summed E-state index contributed by atoms with van der Waals surface area (Å²) in [6.07, 6.45) is -3.07. The van der Waals surface area contributed by atoms with Crippen LogP contribution in [0.4, 0.5) is 18.9 Å². The van der Waals surface area contributed by atoms with Crippen molar-refractivity contribution >= 4 is 11.5 Å². The van der Waals surface area contributed by atoms with Crippen LogP contribution >= 0.6 is 0 Å². The lowest BCUT2D eigenvalue weighted by molar-refractivity contribution is -0.127. The van der Waals surface area contributed by atoms with Crippen molar-refractivity contribution < 1.29 is 13.2 Å². The average molecular weight is 296 g/mol. The van der Waals surface area contributed by atoms with Crippen molar-refractivity contribution in [3.05, 3.63) is 54.8 Å². The molecule has 0 saturated heterocycles. The molecule has 0 unspecified atom stereocenters.